The number of nitrogens with one attached hydrogen (secondary N) is 2. The number of nitrogens with two attached hydrogens (primary N) is 1. The first kappa shape index (κ1) is 16.0. The van der Waals surface area contributed by atoms with Crippen LogP contribution >= 0.6 is 0 Å². The summed E-state index contributed by atoms with van der Waals surface area (Å²) < 4.78 is 10.5. The van der Waals surface area contributed by atoms with Crippen LogP contribution in [0, 0.1) is 0 Å². The maximum atomic E-state index is 10.1. The lowest BCUT2D eigenvalue weighted by molar-refractivity contribution is 0.0527. The topological polar surface area (TPSA) is 119 Å². The lowest BCUT2D eigenvalue weighted by Gasteiger charge is -2.07. The normalized spacial score (nSPS) is 10.2. The molecule has 0 unspecified atom stereocenters. The van der Waals surface area contributed by atoms with E-state index in [1.165, 1.54) is 0 Å². The van der Waals surface area contributed by atoms with Crippen LogP contribution in [0.5, 0.6) is 0 Å². The number of rotatable bonds is 10. The van der Waals surface area contributed by atoms with E-state index in [-0.39, 0.29) is 6.54 Å². The molecule has 0 bridgehead atoms. The number of amides is 1. The molecular weight excluding hydrogens is 264 g/mol. The predicted molar refractivity (Wildman–Crippen MR) is 74.8 cm³/mol. The Morgan fingerprint density at radius 2 is 1.90 bits per heavy atom. The molecule has 1 amide bonds. The van der Waals surface area contributed by atoms with E-state index in [1.807, 2.05) is 0 Å². The third-order valence-electron chi connectivity index (χ3n) is 2.23. The van der Waals surface area contributed by atoms with E-state index in [2.05, 4.69) is 15.6 Å². The summed E-state index contributed by atoms with van der Waals surface area (Å²) in [6, 6.07) is 3.57. The van der Waals surface area contributed by atoms with Gasteiger partial charge in [-0.25, -0.2) is 9.78 Å². The van der Waals surface area contributed by atoms with Crippen molar-refractivity contribution < 1.29 is 19.4 Å². The molecule has 5 N–H and O–H groups in total. The van der Waals surface area contributed by atoms with Crippen LogP contribution in [0.3, 0.4) is 0 Å². The van der Waals surface area contributed by atoms with Crippen molar-refractivity contribution in [2.75, 3.05) is 50.6 Å². The molecular formula is C12H20N4O4. The summed E-state index contributed by atoms with van der Waals surface area (Å²) in [6.45, 7) is 2.68. The van der Waals surface area contributed by atoms with E-state index < -0.39 is 6.09 Å². The van der Waals surface area contributed by atoms with Gasteiger partial charge in [0.15, 0.2) is 0 Å². The zero-order chi connectivity index (χ0) is 14.6. The highest BCUT2D eigenvalue weighted by Crippen LogP contribution is 2.04. The number of anilines is 2. The Morgan fingerprint density at radius 1 is 1.20 bits per heavy atom. The van der Waals surface area contributed by atoms with E-state index in [0.717, 1.165) is 5.82 Å². The second-order valence-electron chi connectivity index (χ2n) is 3.86. The maximum absolute atomic E-state index is 10.1. The molecule has 1 heterocycles. The number of nitrogens with zero attached hydrogens (tertiary/aromatic N) is 1. The quantitative estimate of drug-likeness (QED) is 0.458. The SMILES string of the molecule is Nc1ccc(NCCOCCOCCNC(=O)O)nc1. The summed E-state index contributed by atoms with van der Waals surface area (Å²) in [5, 5.41) is 13.6. The minimum absolute atomic E-state index is 0.277. The maximum Gasteiger partial charge on any atom is 0.404 e. The van der Waals surface area contributed by atoms with Gasteiger partial charge >= 0.3 is 6.09 Å². The number of ether oxygens (including phenoxy) is 2. The zero-order valence-electron chi connectivity index (χ0n) is 11.2. The smallest absolute Gasteiger partial charge is 0.404 e. The monoisotopic (exact) mass is 284 g/mol. The number of carbonyl (C=O) groups is 1. The third-order valence-corrected chi connectivity index (χ3v) is 2.23. The third kappa shape index (κ3) is 8.11. The number of nitrogen functional groups attached to an aromatic ring is 1. The molecule has 8 nitrogen and oxygen atoms in total. The van der Waals surface area contributed by atoms with Gasteiger partial charge in [0.05, 0.1) is 38.3 Å². The lowest BCUT2D eigenvalue weighted by atomic mass is 10.4. The average Bonchev–Trinajstić information content (AvgIpc) is 2.42. The Labute approximate surface area is 117 Å². The fourth-order valence-electron chi connectivity index (χ4n) is 1.31. The first-order valence-corrected chi connectivity index (χ1v) is 6.26. The molecule has 0 aliphatic heterocycles. The van der Waals surface area contributed by atoms with E-state index in [9.17, 15) is 4.79 Å². The minimum atomic E-state index is -1.05. The molecule has 0 saturated carbocycles. The van der Waals surface area contributed by atoms with Gasteiger partial charge in [0, 0.05) is 13.1 Å². The molecule has 1 aromatic heterocycles. The largest absolute Gasteiger partial charge is 0.465 e. The van der Waals surface area contributed by atoms with Crippen LogP contribution in [-0.4, -0.2) is 55.7 Å². The summed E-state index contributed by atoms with van der Waals surface area (Å²) >= 11 is 0. The number of hydrogen-bond acceptors (Lipinski definition) is 6. The molecule has 0 atom stereocenters. The summed E-state index contributed by atoms with van der Waals surface area (Å²) in [6.07, 6.45) is 0.537. The van der Waals surface area contributed by atoms with Crippen molar-refractivity contribution in [3.05, 3.63) is 18.3 Å². The van der Waals surface area contributed by atoms with Crippen molar-refractivity contribution in [3.63, 3.8) is 0 Å². The van der Waals surface area contributed by atoms with Crippen molar-refractivity contribution in [2.24, 2.45) is 0 Å². The van der Waals surface area contributed by atoms with Crippen LogP contribution in [0.2, 0.25) is 0 Å². The first-order valence-electron chi connectivity index (χ1n) is 6.26. The van der Waals surface area contributed by atoms with E-state index in [4.69, 9.17) is 20.3 Å². The van der Waals surface area contributed by atoms with E-state index in [1.54, 1.807) is 18.3 Å². The van der Waals surface area contributed by atoms with E-state index >= 15 is 0 Å². The van der Waals surface area contributed by atoms with Gasteiger partial charge in [-0.1, -0.05) is 0 Å². The number of carboxylic acid groups (broad SMARTS) is 1. The van der Waals surface area contributed by atoms with Crippen molar-refractivity contribution in [1.29, 1.82) is 0 Å². The molecule has 1 rings (SSSR count). The summed E-state index contributed by atoms with van der Waals surface area (Å²) in [5.41, 5.74) is 6.15. The molecule has 0 saturated heterocycles. The van der Waals surface area contributed by atoms with Crippen LogP contribution in [0.4, 0.5) is 16.3 Å². The molecule has 20 heavy (non-hydrogen) atoms. The molecule has 0 fully saturated rings. The highest BCUT2D eigenvalue weighted by molar-refractivity contribution is 5.64. The summed E-state index contributed by atoms with van der Waals surface area (Å²) in [4.78, 5) is 14.2. The Bertz CT molecular complexity index is 386. The Kier molecular flexibility index (Phi) is 7.85. The van der Waals surface area contributed by atoms with Crippen molar-refractivity contribution in [1.82, 2.24) is 10.3 Å². The van der Waals surface area contributed by atoms with Gasteiger partial charge in [0.2, 0.25) is 0 Å². The van der Waals surface area contributed by atoms with Crippen molar-refractivity contribution in [2.45, 2.75) is 0 Å². The Balaban J connectivity index is 1.87. The molecule has 112 valence electrons. The van der Waals surface area contributed by atoms with Crippen LogP contribution < -0.4 is 16.4 Å². The molecule has 8 heteroatoms. The Morgan fingerprint density at radius 3 is 2.50 bits per heavy atom. The fraction of sp³-hybridized carbons (Fsp3) is 0.500. The number of pyridine rings is 1. The average molecular weight is 284 g/mol. The van der Waals surface area contributed by atoms with Crippen LogP contribution in [0.25, 0.3) is 0 Å². The number of hydrogen-bond donors (Lipinski definition) is 4. The Hall–Kier alpha value is -2.06. The van der Waals surface area contributed by atoms with Gasteiger partial charge in [-0.05, 0) is 12.1 Å². The molecule has 0 aliphatic rings. The fourth-order valence-corrected chi connectivity index (χ4v) is 1.31. The second-order valence-corrected chi connectivity index (χ2v) is 3.86. The molecule has 0 aromatic carbocycles. The standard InChI is InChI=1S/C12H20N4O4/c13-10-1-2-11(16-9-10)14-3-5-19-7-8-20-6-4-15-12(17)18/h1-2,9,15H,3-8,13H2,(H,14,16)(H,17,18). The predicted octanol–water partition coefficient (Wildman–Crippen LogP) is 0.377. The minimum Gasteiger partial charge on any atom is -0.465 e. The molecule has 1 aromatic rings. The summed E-state index contributed by atoms with van der Waals surface area (Å²) in [5.74, 6) is 0.749. The first-order chi connectivity index (χ1) is 9.68. The molecule has 0 radical (unpaired) electrons. The van der Waals surface area contributed by atoms with Crippen LogP contribution in [0.15, 0.2) is 18.3 Å². The summed E-state index contributed by atoms with van der Waals surface area (Å²) in [7, 11) is 0. The van der Waals surface area contributed by atoms with Gasteiger partial charge in [0.25, 0.3) is 0 Å². The lowest BCUT2D eigenvalue weighted by Crippen LogP contribution is -2.25. The van der Waals surface area contributed by atoms with Crippen LogP contribution in [-0.2, 0) is 9.47 Å². The van der Waals surface area contributed by atoms with Crippen LogP contribution in [0.1, 0.15) is 0 Å². The van der Waals surface area contributed by atoms with Gasteiger partial charge in [-0.2, -0.15) is 0 Å². The van der Waals surface area contributed by atoms with Crippen molar-refractivity contribution >= 4 is 17.6 Å². The van der Waals surface area contributed by atoms with Crippen molar-refractivity contribution in [3.8, 4) is 0 Å². The number of aromatic nitrogens is 1. The molecule has 0 spiro atoms. The second kappa shape index (κ2) is 9.82. The van der Waals surface area contributed by atoms with Gasteiger partial charge < -0.3 is 30.9 Å². The van der Waals surface area contributed by atoms with Gasteiger partial charge in [-0.3, -0.25) is 0 Å². The highest BCUT2D eigenvalue weighted by Gasteiger charge is 1.95. The van der Waals surface area contributed by atoms with E-state index in [0.29, 0.717) is 38.7 Å². The molecule has 0 aliphatic carbocycles. The van der Waals surface area contributed by atoms with Gasteiger partial charge in [-0.15, -0.1) is 0 Å². The zero-order valence-corrected chi connectivity index (χ0v) is 11.2. The highest BCUT2D eigenvalue weighted by atomic mass is 16.5. The van der Waals surface area contributed by atoms with Gasteiger partial charge in [0.1, 0.15) is 5.82 Å².